The second kappa shape index (κ2) is 5.02. The second-order valence-electron chi connectivity index (χ2n) is 5.89. The van der Waals surface area contributed by atoms with Crippen molar-refractivity contribution in [2.75, 3.05) is 45.6 Å². The summed E-state index contributed by atoms with van der Waals surface area (Å²) in [6.45, 7) is 4.50. The molecule has 0 aliphatic carbocycles. The van der Waals surface area contributed by atoms with Crippen molar-refractivity contribution in [2.45, 2.75) is 30.1 Å². The lowest BCUT2D eigenvalue weighted by Gasteiger charge is -2.45. The number of nitrogens with zero attached hydrogens (tertiary/aromatic N) is 2. The molecule has 3 heterocycles. The van der Waals surface area contributed by atoms with Crippen LogP contribution in [-0.4, -0.2) is 72.1 Å². The van der Waals surface area contributed by atoms with E-state index in [-0.39, 0.29) is 18.6 Å². The van der Waals surface area contributed by atoms with E-state index in [4.69, 9.17) is 4.74 Å². The fraction of sp³-hybridized carbons (Fsp3) is 0.923. The fourth-order valence-corrected chi connectivity index (χ4v) is 5.00. The van der Waals surface area contributed by atoms with Crippen molar-refractivity contribution in [1.29, 1.82) is 0 Å². The van der Waals surface area contributed by atoms with Crippen LogP contribution in [0.2, 0.25) is 0 Å². The summed E-state index contributed by atoms with van der Waals surface area (Å²) in [5, 5.41) is 0. The number of carbonyl (C=O) groups is 1. The smallest absolute Gasteiger partial charge is 0.248 e. The Balaban J connectivity index is 1.40. The lowest BCUT2D eigenvalue weighted by atomic mass is 9.94. The maximum Gasteiger partial charge on any atom is 0.248 e. The molecule has 0 saturated carbocycles. The van der Waals surface area contributed by atoms with Crippen LogP contribution < -0.4 is 0 Å². The molecule has 1 spiro atoms. The maximum atomic E-state index is 11.9. The lowest BCUT2D eigenvalue weighted by Crippen LogP contribution is -2.56. The van der Waals surface area contributed by atoms with E-state index in [2.05, 4.69) is 11.9 Å². The summed E-state index contributed by atoms with van der Waals surface area (Å²) >= 11 is 2.04. The number of likely N-dealkylation sites (tertiary alicyclic amines) is 2. The largest absolute Gasteiger partial charge is 0.367 e. The highest BCUT2D eigenvalue weighted by molar-refractivity contribution is 8.01. The number of thioether (sulfide) groups is 1. The fourth-order valence-electron chi connectivity index (χ4n) is 3.31. The van der Waals surface area contributed by atoms with Gasteiger partial charge in [0.1, 0.15) is 6.61 Å². The van der Waals surface area contributed by atoms with Crippen LogP contribution in [-0.2, 0) is 9.53 Å². The van der Waals surface area contributed by atoms with Crippen molar-refractivity contribution in [3.63, 3.8) is 0 Å². The van der Waals surface area contributed by atoms with Gasteiger partial charge in [0.2, 0.25) is 5.91 Å². The predicted molar refractivity (Wildman–Crippen MR) is 72.9 cm³/mol. The molecule has 3 saturated heterocycles. The number of ether oxygens (including phenoxy) is 1. The highest BCUT2D eigenvalue weighted by Crippen LogP contribution is 2.45. The molecular weight excluding hydrogens is 248 g/mol. The molecule has 0 radical (unpaired) electrons. The summed E-state index contributed by atoms with van der Waals surface area (Å²) in [7, 11) is 2.16. The molecule has 18 heavy (non-hydrogen) atoms. The molecule has 1 amide bonds. The quantitative estimate of drug-likeness (QED) is 0.760. The van der Waals surface area contributed by atoms with Crippen LogP contribution in [0.4, 0.5) is 0 Å². The monoisotopic (exact) mass is 270 g/mol. The predicted octanol–water partition coefficient (Wildman–Crippen LogP) is 0.815. The summed E-state index contributed by atoms with van der Waals surface area (Å²) in [6, 6.07) is 0. The van der Waals surface area contributed by atoms with Gasteiger partial charge < -0.3 is 14.5 Å². The molecule has 0 unspecified atom stereocenters. The van der Waals surface area contributed by atoms with E-state index >= 15 is 0 Å². The Morgan fingerprint density at radius 2 is 2.11 bits per heavy atom. The number of hydrogen-bond acceptors (Lipinski definition) is 4. The number of hydrogen-bond donors (Lipinski definition) is 0. The molecule has 3 fully saturated rings. The number of rotatable bonds is 3. The van der Waals surface area contributed by atoms with Gasteiger partial charge in [0.25, 0.3) is 0 Å². The first-order valence-electron chi connectivity index (χ1n) is 6.89. The summed E-state index contributed by atoms with van der Waals surface area (Å²) in [6.07, 6.45) is 3.71. The van der Waals surface area contributed by atoms with E-state index in [9.17, 15) is 4.79 Å². The van der Waals surface area contributed by atoms with Gasteiger partial charge in [-0.25, -0.2) is 0 Å². The van der Waals surface area contributed by atoms with E-state index < -0.39 is 0 Å². The zero-order valence-electron chi connectivity index (χ0n) is 11.1. The summed E-state index contributed by atoms with van der Waals surface area (Å²) < 4.78 is 6.25. The molecule has 3 rings (SSSR count). The third kappa shape index (κ3) is 2.53. The average Bonchev–Trinajstić information content (AvgIpc) is 2.94. The highest BCUT2D eigenvalue weighted by atomic mass is 32.2. The van der Waals surface area contributed by atoms with Crippen LogP contribution in [0.5, 0.6) is 0 Å². The molecule has 0 aromatic carbocycles. The van der Waals surface area contributed by atoms with E-state index in [1.165, 1.54) is 13.1 Å². The van der Waals surface area contributed by atoms with Crippen molar-refractivity contribution >= 4 is 17.7 Å². The topological polar surface area (TPSA) is 32.8 Å². The van der Waals surface area contributed by atoms with Gasteiger partial charge in [-0.3, -0.25) is 4.79 Å². The Bertz CT molecular complexity index is 325. The van der Waals surface area contributed by atoms with Crippen molar-refractivity contribution < 1.29 is 9.53 Å². The third-order valence-electron chi connectivity index (χ3n) is 4.19. The molecule has 3 aliphatic heterocycles. The van der Waals surface area contributed by atoms with Crippen LogP contribution in [0.3, 0.4) is 0 Å². The maximum absolute atomic E-state index is 11.9. The van der Waals surface area contributed by atoms with Gasteiger partial charge in [0.15, 0.2) is 0 Å². The lowest BCUT2D eigenvalue weighted by molar-refractivity contribution is -0.136. The normalized spacial score (nSPS) is 30.9. The Morgan fingerprint density at radius 1 is 1.39 bits per heavy atom. The van der Waals surface area contributed by atoms with Crippen LogP contribution >= 0.6 is 11.8 Å². The molecule has 4 nitrogen and oxygen atoms in total. The standard InChI is InChI=1S/C13H22N2O2S/c1-14-9-13(10-14)6-11(8-18-13)17-7-12(16)15-4-2-3-5-15/h11H,2-10H2,1H3/t11-/m1/s1. The first-order valence-corrected chi connectivity index (χ1v) is 7.87. The number of amides is 1. The molecule has 102 valence electrons. The second-order valence-corrected chi connectivity index (χ2v) is 7.38. The van der Waals surface area contributed by atoms with Gasteiger partial charge in [-0.1, -0.05) is 0 Å². The zero-order valence-corrected chi connectivity index (χ0v) is 11.9. The van der Waals surface area contributed by atoms with Crippen LogP contribution in [0.25, 0.3) is 0 Å². The van der Waals surface area contributed by atoms with Crippen molar-refractivity contribution in [3.8, 4) is 0 Å². The Hall–Kier alpha value is -0.260. The molecule has 0 aromatic rings. The zero-order chi connectivity index (χ0) is 12.6. The molecule has 3 aliphatic rings. The first-order chi connectivity index (χ1) is 8.67. The summed E-state index contributed by atoms with van der Waals surface area (Å²) in [5.41, 5.74) is 0. The van der Waals surface area contributed by atoms with Crippen LogP contribution in [0.1, 0.15) is 19.3 Å². The van der Waals surface area contributed by atoms with Gasteiger partial charge in [0, 0.05) is 36.7 Å². The molecule has 0 bridgehead atoms. The minimum atomic E-state index is 0.184. The molecule has 0 N–H and O–H groups in total. The van der Waals surface area contributed by atoms with Gasteiger partial charge in [-0.15, -0.1) is 11.8 Å². The Labute approximate surface area is 113 Å². The Kier molecular flexibility index (Phi) is 3.56. The van der Waals surface area contributed by atoms with E-state index in [0.29, 0.717) is 4.75 Å². The van der Waals surface area contributed by atoms with Gasteiger partial charge in [0.05, 0.1) is 6.10 Å². The third-order valence-corrected chi connectivity index (χ3v) is 5.77. The molecule has 0 aromatic heterocycles. The van der Waals surface area contributed by atoms with Crippen molar-refractivity contribution in [2.24, 2.45) is 0 Å². The molecular formula is C13H22N2O2S. The minimum absolute atomic E-state index is 0.184. The van der Waals surface area contributed by atoms with Gasteiger partial charge in [-0.05, 0) is 26.3 Å². The summed E-state index contributed by atoms with van der Waals surface area (Å²) in [4.78, 5) is 16.2. The minimum Gasteiger partial charge on any atom is -0.367 e. The van der Waals surface area contributed by atoms with Crippen molar-refractivity contribution in [3.05, 3.63) is 0 Å². The van der Waals surface area contributed by atoms with E-state index in [0.717, 1.165) is 38.1 Å². The van der Waals surface area contributed by atoms with Crippen LogP contribution in [0, 0.1) is 0 Å². The van der Waals surface area contributed by atoms with E-state index in [1.54, 1.807) is 0 Å². The van der Waals surface area contributed by atoms with Crippen LogP contribution in [0.15, 0.2) is 0 Å². The summed E-state index contributed by atoms with van der Waals surface area (Å²) in [5.74, 6) is 1.24. The molecule has 5 heteroatoms. The first kappa shape index (κ1) is 12.8. The SMILES string of the molecule is CN1CC2(C[C@@H](OCC(=O)N3CCCC3)CS2)C1. The van der Waals surface area contributed by atoms with E-state index in [1.807, 2.05) is 16.7 Å². The van der Waals surface area contributed by atoms with Gasteiger partial charge >= 0.3 is 0 Å². The van der Waals surface area contributed by atoms with Gasteiger partial charge in [-0.2, -0.15) is 0 Å². The average molecular weight is 270 g/mol. The van der Waals surface area contributed by atoms with Crippen molar-refractivity contribution in [1.82, 2.24) is 9.80 Å². The Morgan fingerprint density at radius 3 is 2.78 bits per heavy atom. The molecule has 1 atom stereocenters. The number of carbonyl (C=O) groups excluding carboxylic acids is 1. The highest BCUT2D eigenvalue weighted by Gasteiger charge is 2.48.